The zero-order chi connectivity index (χ0) is 18.7. The Balaban J connectivity index is 1.93. The Hall–Kier alpha value is -2.89. The minimum Gasteiger partial charge on any atom is -0.495 e. The number of sulfonamides is 1. The molecule has 0 saturated carbocycles. The van der Waals surface area contributed by atoms with Crippen LogP contribution in [0.2, 0.25) is 0 Å². The van der Waals surface area contributed by atoms with Gasteiger partial charge >= 0.3 is 0 Å². The number of ether oxygens (including phenoxy) is 1. The number of anilines is 1. The Bertz CT molecular complexity index is 1080. The number of nitrogens with zero attached hydrogens (tertiary/aromatic N) is 2. The molecular formula is C18H15N3O3S2. The number of nitriles is 1. The molecular weight excluding hydrogens is 370 g/mol. The van der Waals surface area contributed by atoms with Gasteiger partial charge in [0.1, 0.15) is 16.7 Å². The van der Waals surface area contributed by atoms with Crippen molar-refractivity contribution in [1.82, 2.24) is 4.98 Å². The molecule has 3 rings (SSSR count). The molecule has 3 aromatic rings. The molecule has 0 aliphatic heterocycles. The minimum atomic E-state index is -3.82. The molecule has 2 heterocycles. The van der Waals surface area contributed by atoms with Crippen LogP contribution in [0.15, 0.2) is 53.7 Å². The van der Waals surface area contributed by atoms with E-state index in [1.165, 1.54) is 30.7 Å². The lowest BCUT2D eigenvalue weighted by Gasteiger charge is -2.12. The maximum atomic E-state index is 12.6. The highest BCUT2D eigenvalue weighted by molar-refractivity contribution is 7.92. The second-order valence-electron chi connectivity index (χ2n) is 5.45. The van der Waals surface area contributed by atoms with Gasteiger partial charge < -0.3 is 4.74 Å². The molecule has 8 heteroatoms. The third-order valence-corrected chi connectivity index (χ3v) is 6.02. The van der Waals surface area contributed by atoms with Crippen molar-refractivity contribution >= 4 is 27.0 Å². The topological polar surface area (TPSA) is 92.1 Å². The standard InChI is InChI=1S/C18H15N3O3S2/c1-12-3-4-13(17-7-6-15(10-19)25-17)9-16(12)21-26(22,23)18-8-5-14(24-2)11-20-18/h3-9,11,21H,1-2H3. The quantitative estimate of drug-likeness (QED) is 0.721. The fourth-order valence-corrected chi connectivity index (χ4v) is 4.13. The first kappa shape index (κ1) is 17.9. The molecule has 6 nitrogen and oxygen atoms in total. The van der Waals surface area contributed by atoms with E-state index < -0.39 is 10.0 Å². The molecule has 0 amide bonds. The summed E-state index contributed by atoms with van der Waals surface area (Å²) >= 11 is 1.35. The van der Waals surface area contributed by atoms with Crippen LogP contribution >= 0.6 is 11.3 Å². The molecule has 0 atom stereocenters. The molecule has 0 bridgehead atoms. The summed E-state index contributed by atoms with van der Waals surface area (Å²) in [4.78, 5) is 5.43. The number of nitrogens with one attached hydrogen (secondary N) is 1. The van der Waals surface area contributed by atoms with Crippen molar-refractivity contribution in [3.8, 4) is 22.3 Å². The molecule has 1 aromatic carbocycles. The van der Waals surface area contributed by atoms with Crippen LogP contribution < -0.4 is 9.46 Å². The fraction of sp³-hybridized carbons (Fsp3) is 0.111. The van der Waals surface area contributed by atoms with Gasteiger partial charge in [-0.2, -0.15) is 13.7 Å². The average molecular weight is 385 g/mol. The summed E-state index contributed by atoms with van der Waals surface area (Å²) in [6, 6.07) is 14.1. The van der Waals surface area contributed by atoms with Crippen LogP contribution in [-0.2, 0) is 10.0 Å². The van der Waals surface area contributed by atoms with E-state index in [2.05, 4.69) is 15.8 Å². The highest BCUT2D eigenvalue weighted by atomic mass is 32.2. The predicted octanol–water partition coefficient (Wildman–Crippen LogP) is 3.80. The molecule has 0 saturated heterocycles. The molecule has 0 fully saturated rings. The maximum absolute atomic E-state index is 12.6. The Morgan fingerprint density at radius 1 is 1.19 bits per heavy atom. The largest absolute Gasteiger partial charge is 0.495 e. The summed E-state index contributed by atoms with van der Waals surface area (Å²) in [5.74, 6) is 0.480. The number of hydrogen-bond acceptors (Lipinski definition) is 6. The third kappa shape index (κ3) is 3.69. The first-order valence-electron chi connectivity index (χ1n) is 7.57. The van der Waals surface area contributed by atoms with E-state index in [4.69, 9.17) is 10.00 Å². The van der Waals surface area contributed by atoms with E-state index in [1.807, 2.05) is 25.1 Å². The van der Waals surface area contributed by atoms with Gasteiger partial charge in [0.2, 0.25) is 0 Å². The van der Waals surface area contributed by atoms with E-state index >= 15 is 0 Å². The monoisotopic (exact) mass is 385 g/mol. The lowest BCUT2D eigenvalue weighted by molar-refractivity contribution is 0.412. The molecule has 26 heavy (non-hydrogen) atoms. The Morgan fingerprint density at radius 2 is 2.00 bits per heavy atom. The van der Waals surface area contributed by atoms with E-state index in [-0.39, 0.29) is 5.03 Å². The zero-order valence-corrected chi connectivity index (χ0v) is 15.7. The Labute approximate surface area is 155 Å². The number of methoxy groups -OCH3 is 1. The number of pyridine rings is 1. The van der Waals surface area contributed by atoms with Crippen LogP contribution in [0.1, 0.15) is 10.4 Å². The fourth-order valence-electron chi connectivity index (χ4n) is 2.28. The second kappa shape index (κ2) is 7.15. The van der Waals surface area contributed by atoms with Gasteiger partial charge in [0.25, 0.3) is 10.0 Å². The van der Waals surface area contributed by atoms with E-state index in [0.29, 0.717) is 16.3 Å². The van der Waals surface area contributed by atoms with Gasteiger partial charge in [-0.3, -0.25) is 4.72 Å². The average Bonchev–Trinajstić information content (AvgIpc) is 3.12. The second-order valence-corrected chi connectivity index (χ2v) is 8.16. The highest BCUT2D eigenvalue weighted by Gasteiger charge is 2.17. The molecule has 132 valence electrons. The summed E-state index contributed by atoms with van der Waals surface area (Å²) in [5, 5.41) is 8.87. The minimum absolute atomic E-state index is 0.0917. The lowest BCUT2D eigenvalue weighted by atomic mass is 10.1. The summed E-state index contributed by atoms with van der Waals surface area (Å²) in [7, 11) is -2.34. The number of aromatic nitrogens is 1. The van der Waals surface area contributed by atoms with E-state index in [0.717, 1.165) is 16.0 Å². The van der Waals surface area contributed by atoms with Crippen LogP contribution in [0.4, 0.5) is 5.69 Å². The van der Waals surface area contributed by atoms with Crippen molar-refractivity contribution in [2.75, 3.05) is 11.8 Å². The Morgan fingerprint density at radius 3 is 2.62 bits per heavy atom. The summed E-state index contributed by atoms with van der Waals surface area (Å²) in [6.07, 6.45) is 1.35. The first-order valence-corrected chi connectivity index (χ1v) is 9.87. The van der Waals surface area contributed by atoms with Gasteiger partial charge in [-0.05, 0) is 48.4 Å². The molecule has 2 aromatic heterocycles. The van der Waals surface area contributed by atoms with Crippen LogP contribution in [-0.4, -0.2) is 20.5 Å². The zero-order valence-electron chi connectivity index (χ0n) is 14.1. The van der Waals surface area contributed by atoms with Gasteiger partial charge in [-0.15, -0.1) is 11.3 Å². The van der Waals surface area contributed by atoms with Crippen LogP contribution in [0, 0.1) is 18.3 Å². The maximum Gasteiger partial charge on any atom is 0.279 e. The van der Waals surface area contributed by atoms with Gasteiger partial charge in [-0.25, -0.2) is 4.98 Å². The van der Waals surface area contributed by atoms with Crippen LogP contribution in [0.5, 0.6) is 5.75 Å². The van der Waals surface area contributed by atoms with Crippen molar-refractivity contribution in [2.45, 2.75) is 11.9 Å². The summed E-state index contributed by atoms with van der Waals surface area (Å²) < 4.78 is 32.8. The van der Waals surface area contributed by atoms with Gasteiger partial charge in [0, 0.05) is 4.88 Å². The van der Waals surface area contributed by atoms with E-state index in [1.54, 1.807) is 18.2 Å². The smallest absolute Gasteiger partial charge is 0.279 e. The van der Waals surface area contributed by atoms with Gasteiger partial charge in [0.15, 0.2) is 5.03 Å². The number of hydrogen-bond donors (Lipinski definition) is 1. The molecule has 0 aliphatic carbocycles. The number of aryl methyl sites for hydroxylation is 1. The van der Waals surface area contributed by atoms with Crippen LogP contribution in [0.3, 0.4) is 0 Å². The number of benzene rings is 1. The normalized spacial score (nSPS) is 11.0. The lowest BCUT2D eigenvalue weighted by Crippen LogP contribution is -2.15. The predicted molar refractivity (Wildman–Crippen MR) is 101 cm³/mol. The van der Waals surface area contributed by atoms with Crippen molar-refractivity contribution in [1.29, 1.82) is 5.26 Å². The van der Waals surface area contributed by atoms with Gasteiger partial charge in [0.05, 0.1) is 19.0 Å². The third-order valence-electron chi connectivity index (χ3n) is 3.70. The molecule has 0 aliphatic rings. The van der Waals surface area contributed by atoms with Crippen molar-refractivity contribution < 1.29 is 13.2 Å². The van der Waals surface area contributed by atoms with Crippen LogP contribution in [0.25, 0.3) is 10.4 Å². The molecule has 0 radical (unpaired) electrons. The van der Waals surface area contributed by atoms with Gasteiger partial charge in [-0.1, -0.05) is 12.1 Å². The first-order chi connectivity index (χ1) is 12.4. The van der Waals surface area contributed by atoms with E-state index in [9.17, 15) is 8.42 Å². The highest BCUT2D eigenvalue weighted by Crippen LogP contribution is 2.31. The Kier molecular flexibility index (Phi) is 4.93. The van der Waals surface area contributed by atoms with Crippen molar-refractivity contribution in [3.05, 3.63) is 59.1 Å². The van der Waals surface area contributed by atoms with Crippen molar-refractivity contribution in [2.24, 2.45) is 0 Å². The summed E-state index contributed by atoms with van der Waals surface area (Å²) in [6.45, 7) is 1.82. The van der Waals surface area contributed by atoms with Crippen molar-refractivity contribution in [3.63, 3.8) is 0 Å². The number of rotatable bonds is 5. The SMILES string of the molecule is COc1ccc(S(=O)(=O)Nc2cc(-c3ccc(C#N)s3)ccc2C)nc1. The molecule has 0 spiro atoms. The molecule has 1 N–H and O–H groups in total. The summed E-state index contributed by atoms with van der Waals surface area (Å²) in [5.41, 5.74) is 2.08. The molecule has 0 unspecified atom stereocenters. The number of thiophene rings is 1.